The molecule has 1 atom stereocenters. The van der Waals surface area contributed by atoms with Crippen LogP contribution < -0.4 is 0 Å². The number of amides is 2. The highest BCUT2D eigenvalue weighted by molar-refractivity contribution is 5.97. The molecule has 0 radical (unpaired) electrons. The van der Waals surface area contributed by atoms with E-state index < -0.39 is 11.6 Å². The summed E-state index contributed by atoms with van der Waals surface area (Å²) >= 11 is 0. The van der Waals surface area contributed by atoms with Crippen molar-refractivity contribution in [3.63, 3.8) is 0 Å². The Balaban J connectivity index is 1.66. The normalized spacial score (nSPS) is 15.7. The molecule has 0 N–H and O–H groups in total. The molecule has 3 rings (SSSR count). The molecule has 1 aliphatic heterocycles. The first-order valence-corrected chi connectivity index (χ1v) is 9.86. The zero-order valence-corrected chi connectivity index (χ0v) is 17.7. The summed E-state index contributed by atoms with van der Waals surface area (Å²) in [5.74, 6) is -1.51. The number of halogens is 2. The quantitative estimate of drug-likeness (QED) is 0.769. The van der Waals surface area contributed by atoms with Crippen molar-refractivity contribution in [3.8, 4) is 0 Å². The highest BCUT2D eigenvalue weighted by Crippen LogP contribution is 2.25. The number of carbonyl (C=O) groups is 2. The van der Waals surface area contributed by atoms with Crippen LogP contribution in [0.3, 0.4) is 0 Å². The summed E-state index contributed by atoms with van der Waals surface area (Å²) in [5.41, 5.74) is 1.72. The molecule has 2 heterocycles. The van der Waals surface area contributed by atoms with Crippen molar-refractivity contribution in [2.45, 2.75) is 19.9 Å². The lowest BCUT2D eigenvalue weighted by atomic mass is 10.0. The van der Waals surface area contributed by atoms with Crippen LogP contribution in [-0.4, -0.2) is 71.8 Å². The Morgan fingerprint density at radius 2 is 1.73 bits per heavy atom. The Kier molecular flexibility index (Phi) is 6.45. The van der Waals surface area contributed by atoms with Gasteiger partial charge in [-0.05, 0) is 32.0 Å². The molecule has 0 bridgehead atoms. The van der Waals surface area contributed by atoms with Gasteiger partial charge >= 0.3 is 0 Å². The minimum Gasteiger partial charge on any atom is -0.343 e. The van der Waals surface area contributed by atoms with Crippen molar-refractivity contribution in [2.75, 3.05) is 40.3 Å². The van der Waals surface area contributed by atoms with E-state index in [0.29, 0.717) is 48.7 Å². The molecule has 2 aromatic rings. The molecule has 1 aromatic heterocycles. The predicted molar refractivity (Wildman–Crippen MR) is 109 cm³/mol. The fourth-order valence-corrected chi connectivity index (χ4v) is 3.65. The Morgan fingerprint density at radius 1 is 1.07 bits per heavy atom. The van der Waals surface area contributed by atoms with Crippen LogP contribution in [0.25, 0.3) is 0 Å². The van der Waals surface area contributed by atoms with Crippen molar-refractivity contribution in [3.05, 3.63) is 64.5 Å². The summed E-state index contributed by atoms with van der Waals surface area (Å²) in [7, 11) is 3.30. The van der Waals surface area contributed by atoms with Gasteiger partial charge in [-0.3, -0.25) is 14.5 Å². The number of rotatable bonds is 4. The van der Waals surface area contributed by atoms with Gasteiger partial charge in [0.05, 0.1) is 11.3 Å². The number of pyridine rings is 1. The van der Waals surface area contributed by atoms with Gasteiger partial charge in [-0.1, -0.05) is 6.07 Å². The molecular formula is C22H26F2N4O2. The lowest BCUT2D eigenvalue weighted by molar-refractivity contribution is 0.0577. The smallest absolute Gasteiger partial charge is 0.271 e. The van der Waals surface area contributed by atoms with E-state index in [-0.39, 0.29) is 17.9 Å². The van der Waals surface area contributed by atoms with Gasteiger partial charge < -0.3 is 9.80 Å². The van der Waals surface area contributed by atoms with Crippen molar-refractivity contribution in [1.29, 1.82) is 0 Å². The van der Waals surface area contributed by atoms with Gasteiger partial charge in [-0.2, -0.15) is 0 Å². The summed E-state index contributed by atoms with van der Waals surface area (Å²) in [6.07, 6.45) is 0. The van der Waals surface area contributed by atoms with Crippen molar-refractivity contribution in [1.82, 2.24) is 19.7 Å². The fraction of sp³-hybridized carbons (Fsp3) is 0.409. The lowest BCUT2D eigenvalue weighted by Crippen LogP contribution is -2.49. The summed E-state index contributed by atoms with van der Waals surface area (Å²) < 4.78 is 27.3. The maximum Gasteiger partial charge on any atom is 0.271 e. The second kappa shape index (κ2) is 8.87. The van der Waals surface area contributed by atoms with Gasteiger partial charge in [0.1, 0.15) is 17.3 Å². The maximum atomic E-state index is 14.1. The van der Waals surface area contributed by atoms with Crippen LogP contribution in [-0.2, 0) is 0 Å². The number of carbonyl (C=O) groups excluding carboxylic acids is 2. The zero-order valence-electron chi connectivity index (χ0n) is 17.7. The molecule has 1 saturated heterocycles. The summed E-state index contributed by atoms with van der Waals surface area (Å²) in [6, 6.07) is 6.62. The highest BCUT2D eigenvalue weighted by Gasteiger charge is 2.27. The summed E-state index contributed by atoms with van der Waals surface area (Å²) in [5, 5.41) is 0. The number of benzene rings is 1. The van der Waals surface area contributed by atoms with Gasteiger partial charge in [0.2, 0.25) is 0 Å². The third kappa shape index (κ3) is 4.48. The molecule has 30 heavy (non-hydrogen) atoms. The summed E-state index contributed by atoms with van der Waals surface area (Å²) in [4.78, 5) is 34.5. The Hall–Kier alpha value is -2.87. The Bertz CT molecular complexity index is 956. The first-order valence-electron chi connectivity index (χ1n) is 9.86. The molecule has 6 nitrogen and oxygen atoms in total. The number of aromatic nitrogens is 1. The number of aryl methyl sites for hydroxylation is 1. The first kappa shape index (κ1) is 21.8. The summed E-state index contributed by atoms with van der Waals surface area (Å²) in [6.45, 7) is 5.73. The largest absolute Gasteiger partial charge is 0.343 e. The van der Waals surface area contributed by atoms with Crippen molar-refractivity contribution < 1.29 is 18.4 Å². The van der Waals surface area contributed by atoms with Crippen LogP contribution in [0.5, 0.6) is 0 Å². The Morgan fingerprint density at radius 3 is 2.30 bits per heavy atom. The molecule has 2 amide bonds. The molecule has 160 valence electrons. The molecule has 0 spiro atoms. The van der Waals surface area contributed by atoms with Gasteiger partial charge in [0, 0.05) is 57.9 Å². The van der Waals surface area contributed by atoms with E-state index in [2.05, 4.69) is 9.88 Å². The topological polar surface area (TPSA) is 56.8 Å². The molecule has 1 aliphatic rings. The molecule has 0 aliphatic carbocycles. The molecule has 8 heteroatoms. The average Bonchev–Trinajstić information content (AvgIpc) is 2.72. The van der Waals surface area contributed by atoms with Gasteiger partial charge in [0.15, 0.2) is 0 Å². The number of piperazine rings is 1. The van der Waals surface area contributed by atoms with E-state index in [4.69, 9.17) is 0 Å². The van der Waals surface area contributed by atoms with Crippen LogP contribution in [0.15, 0.2) is 30.3 Å². The molecule has 1 aromatic carbocycles. The number of hydrogen-bond donors (Lipinski definition) is 0. The maximum absolute atomic E-state index is 14.1. The minimum atomic E-state index is -0.596. The van der Waals surface area contributed by atoms with Gasteiger partial charge in [0.25, 0.3) is 11.8 Å². The van der Waals surface area contributed by atoms with Gasteiger partial charge in [-0.25, -0.2) is 13.8 Å². The second-order valence-electron chi connectivity index (χ2n) is 7.70. The first-order chi connectivity index (χ1) is 14.2. The lowest BCUT2D eigenvalue weighted by Gasteiger charge is -2.38. The standard InChI is InChI=1S/C22H26F2N4O2/c1-14-17(7-8-20(25-14)22(30)26(3)4)21(29)28-11-9-27(10-12-28)15(2)18-6-5-16(23)13-19(18)24/h5-8,13,15H,9-12H2,1-4H3. The number of hydrogen-bond acceptors (Lipinski definition) is 4. The molecule has 0 saturated carbocycles. The molecular weight excluding hydrogens is 390 g/mol. The Labute approximate surface area is 175 Å². The van der Waals surface area contributed by atoms with Crippen LogP contribution in [0.1, 0.15) is 45.1 Å². The SMILES string of the molecule is Cc1nc(C(=O)N(C)C)ccc1C(=O)N1CCN(C(C)c2ccc(F)cc2F)CC1. The highest BCUT2D eigenvalue weighted by atomic mass is 19.1. The van der Waals surface area contributed by atoms with Crippen molar-refractivity contribution in [2.24, 2.45) is 0 Å². The van der Waals surface area contributed by atoms with Crippen LogP contribution in [0.4, 0.5) is 8.78 Å². The molecule has 1 unspecified atom stereocenters. The average molecular weight is 416 g/mol. The van der Waals surface area contributed by atoms with Gasteiger partial charge in [-0.15, -0.1) is 0 Å². The van der Waals surface area contributed by atoms with E-state index in [0.717, 1.165) is 6.07 Å². The predicted octanol–water partition coefficient (Wildman–Crippen LogP) is 2.89. The van der Waals surface area contributed by atoms with E-state index in [1.807, 2.05) is 6.92 Å². The van der Waals surface area contributed by atoms with E-state index in [1.54, 1.807) is 38.1 Å². The second-order valence-corrected chi connectivity index (χ2v) is 7.70. The third-order valence-corrected chi connectivity index (χ3v) is 5.50. The zero-order chi connectivity index (χ0) is 22.0. The monoisotopic (exact) mass is 416 g/mol. The van der Waals surface area contributed by atoms with E-state index >= 15 is 0 Å². The third-order valence-electron chi connectivity index (χ3n) is 5.50. The van der Waals surface area contributed by atoms with E-state index in [9.17, 15) is 18.4 Å². The molecule has 1 fully saturated rings. The minimum absolute atomic E-state index is 0.135. The van der Waals surface area contributed by atoms with Crippen LogP contribution in [0.2, 0.25) is 0 Å². The van der Waals surface area contributed by atoms with Crippen LogP contribution in [0, 0.1) is 18.6 Å². The number of nitrogens with zero attached hydrogens (tertiary/aromatic N) is 4. The van der Waals surface area contributed by atoms with Crippen LogP contribution >= 0.6 is 0 Å². The van der Waals surface area contributed by atoms with Crippen molar-refractivity contribution >= 4 is 11.8 Å². The fourth-order valence-electron chi connectivity index (χ4n) is 3.65. The van der Waals surface area contributed by atoms with E-state index in [1.165, 1.54) is 17.0 Å².